The van der Waals surface area contributed by atoms with Crippen LogP contribution in [-0.2, 0) is 21.4 Å². The smallest absolute Gasteiger partial charge is 0.241 e. The van der Waals surface area contributed by atoms with Crippen molar-refractivity contribution in [3.63, 3.8) is 0 Å². The second kappa shape index (κ2) is 7.21. The van der Waals surface area contributed by atoms with Gasteiger partial charge in [-0.1, -0.05) is 12.1 Å². The molecule has 19 heavy (non-hydrogen) atoms. The summed E-state index contributed by atoms with van der Waals surface area (Å²) in [6.07, 6.45) is 0. The average molecular weight is 309 g/mol. The molecule has 0 unspecified atom stereocenters. The normalized spacial score (nSPS) is 12.0. The van der Waals surface area contributed by atoms with E-state index in [0.29, 0.717) is 6.61 Å². The van der Waals surface area contributed by atoms with Crippen LogP contribution in [0, 0.1) is 0 Å². The molecule has 1 rings (SSSR count). The van der Waals surface area contributed by atoms with Crippen molar-refractivity contribution in [3.8, 4) is 0 Å². The van der Waals surface area contributed by atoms with E-state index in [2.05, 4.69) is 4.72 Å². The molecule has 0 saturated carbocycles. The molecule has 0 aliphatic rings. The molecule has 0 spiro atoms. The molecule has 0 aliphatic heterocycles. The maximum Gasteiger partial charge on any atom is 0.241 e. The number of benzene rings is 1. The summed E-state index contributed by atoms with van der Waals surface area (Å²) in [4.78, 5) is 0.221. The fourth-order valence-electron chi connectivity index (χ4n) is 1.43. The summed E-state index contributed by atoms with van der Waals surface area (Å²) in [6.45, 7) is 4.08. The van der Waals surface area contributed by atoms with E-state index in [1.54, 1.807) is 39.2 Å². The summed E-state index contributed by atoms with van der Waals surface area (Å²) < 4.78 is 31.9. The first-order chi connectivity index (χ1) is 8.30. The molecule has 5 nitrogen and oxygen atoms in total. The van der Waals surface area contributed by atoms with Crippen LogP contribution in [0.4, 0.5) is 0 Å². The number of halogens is 1. The molecule has 110 valence electrons. The van der Waals surface area contributed by atoms with Gasteiger partial charge in [-0.3, -0.25) is 0 Å². The van der Waals surface area contributed by atoms with Crippen LogP contribution in [0.2, 0.25) is 0 Å². The Balaban J connectivity index is 0.00000324. The summed E-state index contributed by atoms with van der Waals surface area (Å²) in [6, 6.07) is 6.65. The third-order valence-corrected chi connectivity index (χ3v) is 4.14. The van der Waals surface area contributed by atoms with Crippen LogP contribution >= 0.6 is 12.4 Å². The zero-order chi connectivity index (χ0) is 13.8. The maximum atomic E-state index is 12.2. The topological polar surface area (TPSA) is 81.4 Å². The lowest BCUT2D eigenvalue weighted by atomic mass is 10.1. The molecule has 0 amide bonds. The SMILES string of the molecule is COCc1cccc(S(=O)(=O)NC(C)(C)CN)c1.Cl. The lowest BCUT2D eigenvalue weighted by Crippen LogP contribution is -2.48. The highest BCUT2D eigenvalue weighted by Crippen LogP contribution is 2.14. The van der Waals surface area contributed by atoms with Crippen LogP contribution < -0.4 is 10.5 Å². The van der Waals surface area contributed by atoms with E-state index in [9.17, 15) is 8.42 Å². The van der Waals surface area contributed by atoms with Crippen LogP contribution in [0.5, 0.6) is 0 Å². The minimum Gasteiger partial charge on any atom is -0.380 e. The minimum atomic E-state index is -3.56. The second-order valence-corrected chi connectivity index (χ2v) is 6.46. The molecule has 1 aromatic carbocycles. The lowest BCUT2D eigenvalue weighted by molar-refractivity contribution is 0.184. The Morgan fingerprint density at radius 2 is 2.00 bits per heavy atom. The third-order valence-electron chi connectivity index (χ3n) is 2.44. The van der Waals surface area contributed by atoms with Crippen molar-refractivity contribution in [1.82, 2.24) is 4.72 Å². The largest absolute Gasteiger partial charge is 0.380 e. The zero-order valence-electron chi connectivity index (χ0n) is 11.3. The van der Waals surface area contributed by atoms with E-state index in [4.69, 9.17) is 10.5 Å². The van der Waals surface area contributed by atoms with Crippen LogP contribution in [0.25, 0.3) is 0 Å². The van der Waals surface area contributed by atoms with E-state index >= 15 is 0 Å². The molecule has 0 saturated heterocycles. The number of nitrogens with one attached hydrogen (secondary N) is 1. The van der Waals surface area contributed by atoms with E-state index in [1.165, 1.54) is 0 Å². The molecule has 0 fully saturated rings. The molecule has 0 atom stereocenters. The van der Waals surface area contributed by atoms with Gasteiger partial charge in [0, 0.05) is 19.2 Å². The Kier molecular flexibility index (Phi) is 6.96. The van der Waals surface area contributed by atoms with Crippen molar-refractivity contribution >= 4 is 22.4 Å². The van der Waals surface area contributed by atoms with E-state index in [1.807, 2.05) is 6.07 Å². The van der Waals surface area contributed by atoms with Crippen LogP contribution in [-0.4, -0.2) is 27.6 Å². The second-order valence-electron chi connectivity index (χ2n) is 4.77. The predicted molar refractivity (Wildman–Crippen MR) is 77.9 cm³/mol. The first-order valence-electron chi connectivity index (χ1n) is 5.63. The number of hydrogen-bond donors (Lipinski definition) is 2. The van der Waals surface area contributed by atoms with Gasteiger partial charge in [-0.25, -0.2) is 13.1 Å². The van der Waals surface area contributed by atoms with Gasteiger partial charge in [0.2, 0.25) is 10.0 Å². The highest BCUT2D eigenvalue weighted by atomic mass is 35.5. The van der Waals surface area contributed by atoms with E-state index in [-0.39, 0.29) is 23.8 Å². The van der Waals surface area contributed by atoms with Crippen molar-refractivity contribution in [2.75, 3.05) is 13.7 Å². The minimum absolute atomic E-state index is 0. The fourth-order valence-corrected chi connectivity index (χ4v) is 2.93. The van der Waals surface area contributed by atoms with Gasteiger partial charge in [0.1, 0.15) is 0 Å². The monoisotopic (exact) mass is 308 g/mol. The van der Waals surface area contributed by atoms with Crippen LogP contribution in [0.15, 0.2) is 29.2 Å². The number of rotatable bonds is 6. The zero-order valence-corrected chi connectivity index (χ0v) is 13.0. The molecule has 7 heteroatoms. The summed E-state index contributed by atoms with van der Waals surface area (Å²) in [5, 5.41) is 0. The Morgan fingerprint density at radius 3 is 2.53 bits per heavy atom. The van der Waals surface area contributed by atoms with Gasteiger partial charge in [-0.15, -0.1) is 12.4 Å². The van der Waals surface area contributed by atoms with E-state index in [0.717, 1.165) is 5.56 Å². The van der Waals surface area contributed by atoms with Gasteiger partial charge in [0.25, 0.3) is 0 Å². The molecule has 1 aromatic rings. The summed E-state index contributed by atoms with van der Waals surface area (Å²) >= 11 is 0. The first-order valence-corrected chi connectivity index (χ1v) is 7.11. The van der Waals surface area contributed by atoms with Crippen molar-refractivity contribution in [2.24, 2.45) is 5.73 Å². The number of methoxy groups -OCH3 is 1. The van der Waals surface area contributed by atoms with E-state index < -0.39 is 15.6 Å². The molecule has 0 aromatic heterocycles. The number of nitrogens with two attached hydrogens (primary N) is 1. The van der Waals surface area contributed by atoms with Gasteiger partial charge >= 0.3 is 0 Å². The molecular formula is C12H21ClN2O3S. The Bertz CT molecular complexity index is 503. The highest BCUT2D eigenvalue weighted by Gasteiger charge is 2.24. The average Bonchev–Trinajstić information content (AvgIpc) is 2.29. The third kappa shape index (κ3) is 5.46. The molecule has 0 heterocycles. The fraction of sp³-hybridized carbons (Fsp3) is 0.500. The number of ether oxygens (including phenoxy) is 1. The predicted octanol–water partition coefficient (Wildman–Crippen LogP) is 1.27. The maximum absolute atomic E-state index is 12.2. The molecule has 0 radical (unpaired) electrons. The van der Waals surface area contributed by atoms with Gasteiger partial charge in [0.05, 0.1) is 11.5 Å². The quantitative estimate of drug-likeness (QED) is 0.829. The molecule has 0 bridgehead atoms. The standard InChI is InChI=1S/C12H20N2O3S.ClH/c1-12(2,9-13)14-18(15,16)11-6-4-5-10(7-11)8-17-3;/h4-7,14H,8-9,13H2,1-3H3;1H. The van der Waals surface area contributed by atoms with Crippen LogP contribution in [0.1, 0.15) is 19.4 Å². The van der Waals surface area contributed by atoms with Crippen molar-refractivity contribution in [1.29, 1.82) is 0 Å². The van der Waals surface area contributed by atoms with Crippen molar-refractivity contribution < 1.29 is 13.2 Å². The highest BCUT2D eigenvalue weighted by molar-refractivity contribution is 7.89. The summed E-state index contributed by atoms with van der Waals surface area (Å²) in [5.74, 6) is 0. The lowest BCUT2D eigenvalue weighted by Gasteiger charge is -2.24. The van der Waals surface area contributed by atoms with Gasteiger partial charge in [-0.05, 0) is 31.5 Å². The van der Waals surface area contributed by atoms with Crippen molar-refractivity contribution in [3.05, 3.63) is 29.8 Å². The molecule has 0 aliphatic carbocycles. The summed E-state index contributed by atoms with van der Waals surface area (Å²) in [7, 11) is -1.99. The van der Waals surface area contributed by atoms with Crippen LogP contribution in [0.3, 0.4) is 0 Å². The molecular weight excluding hydrogens is 288 g/mol. The Labute approximate surface area is 121 Å². The van der Waals surface area contributed by atoms with Crippen molar-refractivity contribution in [2.45, 2.75) is 30.9 Å². The Morgan fingerprint density at radius 1 is 1.37 bits per heavy atom. The molecule has 3 N–H and O–H groups in total. The Hall–Kier alpha value is -0.660. The van der Waals surface area contributed by atoms with Gasteiger partial charge in [0.15, 0.2) is 0 Å². The number of hydrogen-bond acceptors (Lipinski definition) is 4. The number of sulfonamides is 1. The first kappa shape index (κ1) is 18.3. The van der Waals surface area contributed by atoms with Gasteiger partial charge in [-0.2, -0.15) is 0 Å². The van der Waals surface area contributed by atoms with Gasteiger partial charge < -0.3 is 10.5 Å². The summed E-state index contributed by atoms with van der Waals surface area (Å²) in [5.41, 5.74) is 5.66.